The molecule has 2 heterocycles. The number of nitrogens with one attached hydrogen (secondary N) is 1. The van der Waals surface area contributed by atoms with Crippen molar-refractivity contribution in [3.63, 3.8) is 0 Å². The summed E-state index contributed by atoms with van der Waals surface area (Å²) in [4.78, 5) is 4.10. The van der Waals surface area contributed by atoms with E-state index in [0.29, 0.717) is 5.69 Å². The molecule has 0 radical (unpaired) electrons. The molecule has 1 aromatic heterocycles. The summed E-state index contributed by atoms with van der Waals surface area (Å²) in [5, 5.41) is 21.6. The Morgan fingerprint density at radius 2 is 2.26 bits per heavy atom. The van der Waals surface area contributed by atoms with Crippen molar-refractivity contribution in [3.8, 4) is 5.88 Å². The Kier molecular flexibility index (Phi) is 5.71. The number of aliphatic imine (C=N–C) groups is 1. The molecule has 2 aromatic rings. The zero-order chi connectivity index (χ0) is 19.6. The van der Waals surface area contributed by atoms with Gasteiger partial charge in [-0.2, -0.15) is 12.7 Å². The van der Waals surface area contributed by atoms with E-state index in [2.05, 4.69) is 35.9 Å². The number of hydrogen-bond acceptors (Lipinski definition) is 8. The van der Waals surface area contributed by atoms with Crippen LogP contribution in [0.4, 0.5) is 10.1 Å². The molecule has 3 rings (SSSR count). The van der Waals surface area contributed by atoms with E-state index in [-0.39, 0.29) is 47.5 Å². The van der Waals surface area contributed by atoms with Crippen molar-refractivity contribution in [1.82, 2.24) is 20.1 Å². The molecule has 0 amide bonds. The van der Waals surface area contributed by atoms with Gasteiger partial charge in [-0.25, -0.2) is 19.2 Å². The molecule has 0 unspecified atom stereocenters. The van der Waals surface area contributed by atoms with Crippen molar-refractivity contribution in [1.29, 1.82) is 0 Å². The SMILES string of the molecule is NS(=O)(=O)N1CC(COc2nonc2C(=Nc2ccc(F)c(Br)c2)NO)C1. The molecule has 11 nitrogen and oxygen atoms in total. The van der Waals surface area contributed by atoms with Gasteiger partial charge in [0.15, 0.2) is 5.84 Å². The highest BCUT2D eigenvalue weighted by Crippen LogP contribution is 2.24. The molecule has 1 aliphatic heterocycles. The van der Waals surface area contributed by atoms with Gasteiger partial charge >= 0.3 is 0 Å². The van der Waals surface area contributed by atoms with Crippen LogP contribution in [0.1, 0.15) is 5.69 Å². The number of nitrogens with two attached hydrogens (primary N) is 1. The van der Waals surface area contributed by atoms with E-state index in [1.54, 1.807) is 0 Å². The van der Waals surface area contributed by atoms with Gasteiger partial charge in [-0.3, -0.25) is 10.7 Å². The highest BCUT2D eigenvalue weighted by atomic mass is 79.9. The molecule has 0 bridgehead atoms. The number of ether oxygens (including phenoxy) is 1. The van der Waals surface area contributed by atoms with E-state index in [1.807, 2.05) is 5.48 Å². The van der Waals surface area contributed by atoms with Crippen molar-refractivity contribution in [2.45, 2.75) is 0 Å². The molecular weight excluding hydrogens is 451 g/mol. The van der Waals surface area contributed by atoms with Crippen molar-refractivity contribution < 1.29 is 27.4 Å². The Balaban J connectivity index is 1.69. The number of nitrogens with zero attached hydrogens (tertiary/aromatic N) is 4. The Morgan fingerprint density at radius 3 is 2.89 bits per heavy atom. The maximum Gasteiger partial charge on any atom is 0.287 e. The van der Waals surface area contributed by atoms with Crippen molar-refractivity contribution in [3.05, 3.63) is 34.2 Å². The van der Waals surface area contributed by atoms with Crippen LogP contribution < -0.4 is 15.4 Å². The molecule has 1 saturated heterocycles. The highest BCUT2D eigenvalue weighted by molar-refractivity contribution is 9.10. The third-order valence-electron chi connectivity index (χ3n) is 3.67. The third-order valence-corrected chi connectivity index (χ3v) is 5.30. The van der Waals surface area contributed by atoms with Gasteiger partial charge in [0, 0.05) is 19.0 Å². The Labute approximate surface area is 161 Å². The number of hydrogen-bond donors (Lipinski definition) is 3. The fourth-order valence-corrected chi connectivity index (χ4v) is 3.47. The topological polar surface area (TPSA) is 156 Å². The number of aromatic nitrogens is 2. The number of benzene rings is 1. The van der Waals surface area contributed by atoms with Gasteiger partial charge < -0.3 is 4.74 Å². The van der Waals surface area contributed by atoms with Gasteiger partial charge in [0.05, 0.1) is 16.8 Å². The van der Waals surface area contributed by atoms with Crippen molar-refractivity contribution in [2.75, 3.05) is 19.7 Å². The molecule has 1 fully saturated rings. The molecule has 146 valence electrons. The van der Waals surface area contributed by atoms with Crippen LogP contribution >= 0.6 is 15.9 Å². The fraction of sp³-hybridized carbons (Fsp3) is 0.308. The lowest BCUT2D eigenvalue weighted by Crippen LogP contribution is -2.54. The monoisotopic (exact) mass is 464 g/mol. The van der Waals surface area contributed by atoms with Gasteiger partial charge in [0.25, 0.3) is 16.1 Å². The molecule has 14 heteroatoms. The first-order valence-corrected chi connectivity index (χ1v) is 9.75. The summed E-state index contributed by atoms with van der Waals surface area (Å²) in [7, 11) is -3.70. The number of rotatable bonds is 6. The highest BCUT2D eigenvalue weighted by Gasteiger charge is 2.34. The van der Waals surface area contributed by atoms with E-state index in [1.165, 1.54) is 18.2 Å². The number of amidine groups is 1. The standard InChI is InChI=1S/C13H14BrFN6O5S/c14-9-3-8(1-2-10(9)15)17-12(18-22)11-13(20-26-19-11)25-6-7-4-21(5-7)27(16,23)24/h1-3,7,22H,4-6H2,(H,17,18)(H2,16,23,24). The maximum absolute atomic E-state index is 13.3. The van der Waals surface area contributed by atoms with Crippen molar-refractivity contribution >= 4 is 37.7 Å². The van der Waals surface area contributed by atoms with Crippen LogP contribution in [0.2, 0.25) is 0 Å². The predicted molar refractivity (Wildman–Crippen MR) is 93.2 cm³/mol. The van der Waals surface area contributed by atoms with Crippen LogP contribution in [0.15, 0.2) is 32.3 Å². The molecule has 4 N–H and O–H groups in total. The number of halogens is 2. The van der Waals surface area contributed by atoms with Crippen LogP contribution in [-0.4, -0.2) is 53.8 Å². The zero-order valence-corrected chi connectivity index (χ0v) is 15.9. The lowest BCUT2D eigenvalue weighted by Gasteiger charge is -2.36. The molecule has 0 spiro atoms. The lowest BCUT2D eigenvalue weighted by atomic mass is 10.1. The van der Waals surface area contributed by atoms with E-state index >= 15 is 0 Å². The zero-order valence-electron chi connectivity index (χ0n) is 13.5. The average Bonchev–Trinajstić information content (AvgIpc) is 3.01. The summed E-state index contributed by atoms with van der Waals surface area (Å²) in [6.45, 7) is 0.582. The van der Waals surface area contributed by atoms with Gasteiger partial charge in [-0.05, 0) is 44.4 Å². The third kappa shape index (κ3) is 4.59. The Bertz CT molecular complexity index is 962. The largest absolute Gasteiger partial charge is 0.473 e. The molecule has 0 atom stereocenters. The van der Waals surface area contributed by atoms with E-state index < -0.39 is 16.0 Å². The van der Waals surface area contributed by atoms with E-state index in [0.717, 1.165) is 4.31 Å². The first-order chi connectivity index (χ1) is 12.8. The summed E-state index contributed by atoms with van der Waals surface area (Å²) in [5.41, 5.74) is 2.17. The van der Waals surface area contributed by atoms with Crippen LogP contribution in [-0.2, 0) is 10.2 Å². The maximum atomic E-state index is 13.3. The minimum absolute atomic E-state index is 0.0134. The van der Waals surface area contributed by atoms with Gasteiger partial charge in [0.2, 0.25) is 5.69 Å². The normalized spacial score (nSPS) is 16.2. The van der Waals surface area contributed by atoms with E-state index in [4.69, 9.17) is 9.88 Å². The Hall–Kier alpha value is -2.13. The Morgan fingerprint density at radius 1 is 1.52 bits per heavy atom. The molecule has 1 aliphatic rings. The molecule has 27 heavy (non-hydrogen) atoms. The molecule has 1 aromatic carbocycles. The summed E-state index contributed by atoms with van der Waals surface area (Å²) in [5.74, 6) is -0.730. The molecular formula is C13H14BrFN6O5S. The van der Waals surface area contributed by atoms with Gasteiger partial charge in [0.1, 0.15) is 5.82 Å². The lowest BCUT2D eigenvalue weighted by molar-refractivity contribution is 0.123. The molecule has 0 saturated carbocycles. The minimum Gasteiger partial charge on any atom is -0.473 e. The number of hydroxylamine groups is 1. The minimum atomic E-state index is -3.70. The quantitative estimate of drug-likeness (QED) is 0.317. The van der Waals surface area contributed by atoms with Crippen molar-refractivity contribution in [2.24, 2.45) is 16.0 Å². The first kappa shape index (κ1) is 19.6. The van der Waals surface area contributed by atoms with Crippen LogP contribution in [0.3, 0.4) is 0 Å². The summed E-state index contributed by atoms with van der Waals surface area (Å²) < 4.78 is 47.0. The first-order valence-electron chi connectivity index (χ1n) is 7.45. The predicted octanol–water partition coefficient (Wildman–Crippen LogP) is 0.542. The summed E-state index contributed by atoms with van der Waals surface area (Å²) in [6.07, 6.45) is 0. The second-order valence-corrected chi connectivity index (χ2v) is 8.03. The smallest absolute Gasteiger partial charge is 0.287 e. The van der Waals surface area contributed by atoms with Gasteiger partial charge in [-0.15, -0.1) is 0 Å². The fourth-order valence-electron chi connectivity index (χ4n) is 2.27. The second-order valence-electron chi connectivity index (χ2n) is 5.63. The second kappa shape index (κ2) is 7.85. The summed E-state index contributed by atoms with van der Waals surface area (Å²) in [6, 6.07) is 3.99. The van der Waals surface area contributed by atoms with E-state index in [9.17, 15) is 18.0 Å². The molecule has 0 aliphatic carbocycles. The summed E-state index contributed by atoms with van der Waals surface area (Å²) >= 11 is 3.04. The van der Waals surface area contributed by atoms with Crippen LogP contribution in [0, 0.1) is 11.7 Å². The van der Waals surface area contributed by atoms with Crippen LogP contribution in [0.25, 0.3) is 0 Å². The van der Waals surface area contributed by atoms with Gasteiger partial charge in [-0.1, -0.05) is 0 Å². The average molecular weight is 465 g/mol. The van der Waals surface area contributed by atoms with Crippen LogP contribution in [0.5, 0.6) is 5.88 Å².